The molecule has 2 aromatic heterocycles. The Labute approximate surface area is 97.5 Å². The van der Waals surface area contributed by atoms with E-state index in [0.717, 1.165) is 5.56 Å². The molecule has 0 unspecified atom stereocenters. The summed E-state index contributed by atoms with van der Waals surface area (Å²) in [5.41, 5.74) is 3.42. The van der Waals surface area contributed by atoms with Crippen LogP contribution in [0.25, 0.3) is 0 Å². The molecule has 2 heterocycles. The fraction of sp³-hybridized carbons (Fsp3) is 0. The Kier molecular flexibility index (Phi) is 3.49. The molecule has 0 aromatic carbocycles. The first-order valence-corrected chi connectivity index (χ1v) is 4.86. The largest absolute Gasteiger partial charge is 0.291 e. The first-order chi connectivity index (χ1) is 8.36. The van der Waals surface area contributed by atoms with E-state index in [1.807, 2.05) is 0 Å². The summed E-state index contributed by atoms with van der Waals surface area (Å²) in [5.74, 6) is -0.400. The molecule has 2 rings (SSSR count). The highest BCUT2D eigenvalue weighted by atomic mass is 16.2. The van der Waals surface area contributed by atoms with Crippen molar-refractivity contribution >= 4 is 12.1 Å². The molecule has 2 aromatic rings. The maximum atomic E-state index is 11.5. The Bertz CT molecular complexity index is 512. The van der Waals surface area contributed by atoms with Gasteiger partial charge in [0, 0.05) is 24.8 Å². The number of carbonyl (C=O) groups excluding carboxylic acids is 1. The Morgan fingerprint density at radius 3 is 2.71 bits per heavy atom. The fourth-order valence-electron chi connectivity index (χ4n) is 1.09. The van der Waals surface area contributed by atoms with Crippen molar-refractivity contribution in [3.8, 4) is 0 Å². The topological polar surface area (TPSA) is 80.1 Å². The van der Waals surface area contributed by atoms with Crippen LogP contribution in [-0.2, 0) is 0 Å². The molecular weight excluding hydrogens is 218 g/mol. The zero-order valence-electron chi connectivity index (χ0n) is 8.82. The second kappa shape index (κ2) is 5.45. The van der Waals surface area contributed by atoms with Crippen molar-refractivity contribution < 1.29 is 4.79 Å². The van der Waals surface area contributed by atoms with Gasteiger partial charge in [-0.25, -0.2) is 10.4 Å². The van der Waals surface area contributed by atoms with Crippen LogP contribution >= 0.6 is 0 Å². The second-order valence-corrected chi connectivity index (χ2v) is 3.07. The van der Waals surface area contributed by atoms with Crippen LogP contribution in [0.3, 0.4) is 0 Å². The number of rotatable bonds is 3. The zero-order chi connectivity index (χ0) is 11.9. The van der Waals surface area contributed by atoms with Gasteiger partial charge < -0.3 is 0 Å². The summed E-state index contributed by atoms with van der Waals surface area (Å²) >= 11 is 0. The average Bonchev–Trinajstić information content (AvgIpc) is 2.41. The summed E-state index contributed by atoms with van der Waals surface area (Å²) in [4.78, 5) is 23.0. The van der Waals surface area contributed by atoms with Gasteiger partial charge in [-0.15, -0.1) is 0 Å². The van der Waals surface area contributed by atoms with Crippen molar-refractivity contribution in [3.63, 3.8) is 0 Å². The summed E-state index contributed by atoms with van der Waals surface area (Å²) in [6.45, 7) is 0. The molecule has 0 spiro atoms. The molecule has 1 N–H and O–H groups in total. The molecule has 0 aliphatic carbocycles. The van der Waals surface area contributed by atoms with Gasteiger partial charge in [0.2, 0.25) is 0 Å². The van der Waals surface area contributed by atoms with Crippen molar-refractivity contribution in [2.75, 3.05) is 0 Å². The molecule has 6 heteroatoms. The summed E-state index contributed by atoms with van der Waals surface area (Å²) in [6.07, 6.45) is 9.13. The van der Waals surface area contributed by atoms with E-state index in [1.165, 1.54) is 24.8 Å². The third-order valence-corrected chi connectivity index (χ3v) is 1.88. The lowest BCUT2D eigenvalue weighted by Gasteiger charge is -1.97. The average molecular weight is 227 g/mol. The number of hydrazone groups is 1. The van der Waals surface area contributed by atoms with Gasteiger partial charge in [-0.1, -0.05) is 0 Å². The predicted octanol–water partition coefficient (Wildman–Crippen LogP) is 0.635. The van der Waals surface area contributed by atoms with Gasteiger partial charge in [0.15, 0.2) is 0 Å². The molecule has 0 saturated heterocycles. The predicted molar refractivity (Wildman–Crippen MR) is 61.3 cm³/mol. The molecule has 0 fully saturated rings. The summed E-state index contributed by atoms with van der Waals surface area (Å²) < 4.78 is 0. The van der Waals surface area contributed by atoms with Gasteiger partial charge in [-0.05, 0) is 17.7 Å². The van der Waals surface area contributed by atoms with E-state index < -0.39 is 5.91 Å². The van der Waals surface area contributed by atoms with Crippen molar-refractivity contribution in [3.05, 3.63) is 54.4 Å². The monoisotopic (exact) mass is 227 g/mol. The standard InChI is InChI=1S/C11H9N5O/c17-11(10-8-13-5-6-14-10)16-15-7-9-1-3-12-4-2-9/h1-8H,(H,16,17)/b15-7-. The van der Waals surface area contributed by atoms with E-state index >= 15 is 0 Å². The number of aromatic nitrogens is 3. The SMILES string of the molecule is O=C(N/N=C\c1ccncc1)c1cnccn1. The third-order valence-electron chi connectivity index (χ3n) is 1.88. The van der Waals surface area contributed by atoms with Gasteiger partial charge in [0.1, 0.15) is 5.69 Å². The zero-order valence-corrected chi connectivity index (χ0v) is 8.82. The summed E-state index contributed by atoms with van der Waals surface area (Å²) in [7, 11) is 0. The van der Waals surface area contributed by atoms with Crippen LogP contribution in [0.4, 0.5) is 0 Å². The Morgan fingerprint density at radius 1 is 1.18 bits per heavy atom. The number of amides is 1. The Balaban J connectivity index is 1.95. The first-order valence-electron chi connectivity index (χ1n) is 4.86. The molecule has 1 amide bonds. The second-order valence-electron chi connectivity index (χ2n) is 3.07. The van der Waals surface area contributed by atoms with Crippen LogP contribution in [0, 0.1) is 0 Å². The lowest BCUT2D eigenvalue weighted by atomic mass is 10.3. The highest BCUT2D eigenvalue weighted by Gasteiger charge is 2.03. The van der Waals surface area contributed by atoms with Crippen LogP contribution < -0.4 is 5.43 Å². The highest BCUT2D eigenvalue weighted by molar-refractivity contribution is 5.92. The molecule has 0 radical (unpaired) electrons. The maximum Gasteiger partial charge on any atom is 0.291 e. The van der Waals surface area contributed by atoms with Crippen LogP contribution in [-0.4, -0.2) is 27.1 Å². The first kappa shape index (κ1) is 10.9. The Morgan fingerprint density at radius 2 is 2.00 bits per heavy atom. The van der Waals surface area contributed by atoms with Gasteiger partial charge in [0.05, 0.1) is 12.4 Å². The molecule has 0 aliphatic rings. The van der Waals surface area contributed by atoms with Crippen LogP contribution in [0.5, 0.6) is 0 Å². The van der Waals surface area contributed by atoms with Crippen molar-refractivity contribution in [1.29, 1.82) is 0 Å². The molecule has 0 atom stereocenters. The van der Waals surface area contributed by atoms with E-state index in [-0.39, 0.29) is 5.69 Å². The number of carbonyl (C=O) groups is 1. The van der Waals surface area contributed by atoms with Crippen molar-refractivity contribution in [2.24, 2.45) is 5.10 Å². The van der Waals surface area contributed by atoms with E-state index in [0.29, 0.717) is 0 Å². The molecule has 6 nitrogen and oxygen atoms in total. The van der Waals surface area contributed by atoms with E-state index in [4.69, 9.17) is 0 Å². The number of pyridine rings is 1. The number of hydrogen-bond acceptors (Lipinski definition) is 5. The summed E-state index contributed by atoms with van der Waals surface area (Å²) in [6, 6.07) is 3.55. The molecule has 84 valence electrons. The van der Waals surface area contributed by atoms with Crippen LogP contribution in [0.15, 0.2) is 48.2 Å². The van der Waals surface area contributed by atoms with Crippen LogP contribution in [0.2, 0.25) is 0 Å². The molecule has 0 bridgehead atoms. The van der Waals surface area contributed by atoms with Gasteiger partial charge >= 0.3 is 0 Å². The van der Waals surface area contributed by atoms with Crippen LogP contribution in [0.1, 0.15) is 16.1 Å². The lowest BCUT2D eigenvalue weighted by molar-refractivity contribution is 0.0950. The number of nitrogens with zero attached hydrogens (tertiary/aromatic N) is 4. The van der Waals surface area contributed by atoms with Crippen molar-refractivity contribution in [1.82, 2.24) is 20.4 Å². The minimum atomic E-state index is -0.400. The fourth-order valence-corrected chi connectivity index (χ4v) is 1.09. The minimum Gasteiger partial charge on any atom is -0.265 e. The molecule has 17 heavy (non-hydrogen) atoms. The van der Waals surface area contributed by atoms with Gasteiger partial charge in [-0.3, -0.25) is 14.8 Å². The number of nitrogens with one attached hydrogen (secondary N) is 1. The summed E-state index contributed by atoms with van der Waals surface area (Å²) in [5, 5.41) is 3.80. The normalized spacial score (nSPS) is 10.4. The third kappa shape index (κ3) is 3.16. The maximum absolute atomic E-state index is 11.5. The van der Waals surface area contributed by atoms with Gasteiger partial charge in [0.25, 0.3) is 5.91 Å². The molecule has 0 aliphatic heterocycles. The van der Waals surface area contributed by atoms with E-state index in [2.05, 4.69) is 25.5 Å². The lowest BCUT2D eigenvalue weighted by Crippen LogP contribution is -2.19. The van der Waals surface area contributed by atoms with E-state index in [1.54, 1.807) is 24.5 Å². The quantitative estimate of drug-likeness (QED) is 0.616. The van der Waals surface area contributed by atoms with Crippen molar-refractivity contribution in [2.45, 2.75) is 0 Å². The van der Waals surface area contributed by atoms with Gasteiger partial charge in [-0.2, -0.15) is 5.10 Å². The smallest absolute Gasteiger partial charge is 0.265 e. The highest BCUT2D eigenvalue weighted by Crippen LogP contribution is 1.92. The Hall–Kier alpha value is -2.63. The molecule has 0 saturated carbocycles. The van der Waals surface area contributed by atoms with E-state index in [9.17, 15) is 4.79 Å². The minimum absolute atomic E-state index is 0.222. The molecular formula is C11H9N5O. The number of hydrogen-bond donors (Lipinski definition) is 1.